The van der Waals surface area contributed by atoms with Gasteiger partial charge in [-0.05, 0) is 50.6 Å². The molecule has 1 N–H and O–H groups in total. The van der Waals surface area contributed by atoms with Crippen molar-refractivity contribution in [3.05, 3.63) is 28.3 Å². The Morgan fingerprint density at radius 3 is 2.50 bits per heavy atom. The van der Waals surface area contributed by atoms with Gasteiger partial charge in [-0.25, -0.2) is 0 Å². The Bertz CT molecular complexity index is 441. The molecule has 1 aliphatic rings. The summed E-state index contributed by atoms with van der Waals surface area (Å²) in [7, 11) is 1.97. The second-order valence-electron chi connectivity index (χ2n) is 5.49. The summed E-state index contributed by atoms with van der Waals surface area (Å²) >= 11 is 6.19. The Morgan fingerprint density at radius 1 is 1.30 bits per heavy atom. The molecule has 1 fully saturated rings. The van der Waals surface area contributed by atoms with Gasteiger partial charge in [-0.2, -0.15) is 0 Å². The largest absolute Gasteiger partial charge is 0.488 e. The third-order valence-electron chi connectivity index (χ3n) is 3.83. The predicted octanol–water partition coefficient (Wildman–Crippen LogP) is 3.49. The molecule has 1 aromatic rings. The number of rotatable bonds is 6. The van der Waals surface area contributed by atoms with Crippen molar-refractivity contribution in [3.63, 3.8) is 0 Å². The third-order valence-corrected chi connectivity index (χ3v) is 4.43. The molecule has 3 unspecified atom stereocenters. The lowest BCUT2D eigenvalue weighted by Crippen LogP contribution is -2.60. The van der Waals surface area contributed by atoms with E-state index in [0.29, 0.717) is 6.04 Å². The molecular formula is C16H24ClNO2. The molecule has 3 atom stereocenters. The van der Waals surface area contributed by atoms with Gasteiger partial charge in [0.15, 0.2) is 0 Å². The number of ether oxygens (including phenoxy) is 2. The Balaban J connectivity index is 2.02. The Morgan fingerprint density at radius 2 is 1.95 bits per heavy atom. The minimum Gasteiger partial charge on any atom is -0.488 e. The lowest BCUT2D eigenvalue weighted by atomic mass is 9.85. The summed E-state index contributed by atoms with van der Waals surface area (Å²) in [5.41, 5.74) is 2.11. The topological polar surface area (TPSA) is 30.5 Å². The molecule has 1 saturated carbocycles. The second-order valence-corrected chi connectivity index (χ2v) is 5.87. The fraction of sp³-hybridized carbons (Fsp3) is 0.625. The highest BCUT2D eigenvalue weighted by molar-refractivity contribution is 6.32. The fourth-order valence-electron chi connectivity index (χ4n) is 2.61. The highest BCUT2D eigenvalue weighted by atomic mass is 35.5. The Hall–Kier alpha value is -0.770. The van der Waals surface area contributed by atoms with Crippen LogP contribution in [0.3, 0.4) is 0 Å². The average Bonchev–Trinajstić information content (AvgIpc) is 2.40. The van der Waals surface area contributed by atoms with Crippen LogP contribution in [0.25, 0.3) is 0 Å². The number of halogens is 1. The van der Waals surface area contributed by atoms with Crippen LogP contribution in [0.4, 0.5) is 0 Å². The molecule has 0 amide bonds. The van der Waals surface area contributed by atoms with Crippen LogP contribution in [0.15, 0.2) is 12.1 Å². The molecule has 0 spiro atoms. The molecule has 20 heavy (non-hydrogen) atoms. The van der Waals surface area contributed by atoms with Gasteiger partial charge in [-0.15, -0.1) is 0 Å². The SMILES string of the molecule is CCCOC1C(NC)CC1Oc1cc(C)c(Cl)c(C)c1. The van der Waals surface area contributed by atoms with Crippen LogP contribution < -0.4 is 10.1 Å². The van der Waals surface area contributed by atoms with Crippen molar-refractivity contribution in [2.75, 3.05) is 13.7 Å². The zero-order valence-electron chi connectivity index (χ0n) is 12.7. The van der Waals surface area contributed by atoms with Crippen LogP contribution in [0, 0.1) is 13.8 Å². The maximum absolute atomic E-state index is 6.19. The summed E-state index contributed by atoms with van der Waals surface area (Å²) in [5, 5.41) is 4.10. The quantitative estimate of drug-likeness (QED) is 0.872. The van der Waals surface area contributed by atoms with Crippen LogP contribution in [-0.2, 0) is 4.74 Å². The first-order chi connectivity index (χ1) is 9.56. The lowest BCUT2D eigenvalue weighted by molar-refractivity contribution is -0.106. The highest BCUT2D eigenvalue weighted by Crippen LogP contribution is 2.32. The number of aryl methyl sites for hydroxylation is 2. The number of nitrogens with one attached hydrogen (secondary N) is 1. The van der Waals surface area contributed by atoms with E-state index in [1.165, 1.54) is 0 Å². The minimum absolute atomic E-state index is 0.124. The van der Waals surface area contributed by atoms with E-state index in [9.17, 15) is 0 Å². The van der Waals surface area contributed by atoms with Crippen LogP contribution in [0.5, 0.6) is 5.75 Å². The van der Waals surface area contributed by atoms with Gasteiger partial charge >= 0.3 is 0 Å². The van der Waals surface area contributed by atoms with E-state index >= 15 is 0 Å². The van der Waals surface area contributed by atoms with E-state index in [1.807, 2.05) is 33.0 Å². The number of likely N-dealkylation sites (N-methyl/N-ethyl adjacent to an activating group) is 1. The zero-order valence-corrected chi connectivity index (χ0v) is 13.5. The maximum Gasteiger partial charge on any atom is 0.128 e. The van der Waals surface area contributed by atoms with Crippen molar-refractivity contribution in [3.8, 4) is 5.75 Å². The van der Waals surface area contributed by atoms with Crippen molar-refractivity contribution in [1.29, 1.82) is 0 Å². The van der Waals surface area contributed by atoms with Crippen LogP contribution in [0.2, 0.25) is 5.02 Å². The summed E-state index contributed by atoms with van der Waals surface area (Å²) in [6.07, 6.45) is 2.26. The van der Waals surface area contributed by atoms with E-state index < -0.39 is 0 Å². The highest BCUT2D eigenvalue weighted by Gasteiger charge is 2.43. The number of hydrogen-bond donors (Lipinski definition) is 1. The number of hydrogen-bond acceptors (Lipinski definition) is 3. The van der Waals surface area contributed by atoms with Gasteiger partial charge in [-0.3, -0.25) is 0 Å². The lowest BCUT2D eigenvalue weighted by Gasteiger charge is -2.43. The molecule has 4 heteroatoms. The Labute approximate surface area is 126 Å². The first-order valence-corrected chi connectivity index (χ1v) is 7.66. The predicted molar refractivity (Wildman–Crippen MR) is 82.8 cm³/mol. The summed E-state index contributed by atoms with van der Waals surface area (Å²) in [6.45, 7) is 6.91. The molecule has 0 aliphatic heterocycles. The van der Waals surface area contributed by atoms with Crippen LogP contribution >= 0.6 is 11.6 Å². The van der Waals surface area contributed by atoms with Crippen molar-refractivity contribution >= 4 is 11.6 Å². The summed E-state index contributed by atoms with van der Waals surface area (Å²) in [6, 6.07) is 4.39. The first kappa shape index (κ1) is 15.6. The van der Waals surface area contributed by atoms with E-state index in [0.717, 1.165) is 41.3 Å². The van der Waals surface area contributed by atoms with E-state index in [2.05, 4.69) is 12.2 Å². The number of benzene rings is 1. The molecule has 0 heterocycles. The van der Waals surface area contributed by atoms with Gasteiger partial charge in [0.25, 0.3) is 0 Å². The average molecular weight is 298 g/mol. The first-order valence-electron chi connectivity index (χ1n) is 7.29. The molecule has 112 valence electrons. The van der Waals surface area contributed by atoms with E-state index in [1.54, 1.807) is 0 Å². The normalized spacial score (nSPS) is 25.4. The van der Waals surface area contributed by atoms with Crippen molar-refractivity contribution in [2.24, 2.45) is 0 Å². The molecule has 1 aromatic carbocycles. The maximum atomic E-state index is 6.19. The van der Waals surface area contributed by atoms with Gasteiger partial charge < -0.3 is 14.8 Å². The second kappa shape index (κ2) is 6.79. The van der Waals surface area contributed by atoms with Crippen molar-refractivity contribution < 1.29 is 9.47 Å². The van der Waals surface area contributed by atoms with Gasteiger partial charge in [0.05, 0.1) is 0 Å². The smallest absolute Gasteiger partial charge is 0.128 e. The van der Waals surface area contributed by atoms with Gasteiger partial charge in [0.2, 0.25) is 0 Å². The molecule has 3 nitrogen and oxygen atoms in total. The van der Waals surface area contributed by atoms with E-state index in [4.69, 9.17) is 21.1 Å². The molecule has 1 aliphatic carbocycles. The molecule has 0 bridgehead atoms. The summed E-state index contributed by atoms with van der Waals surface area (Å²) < 4.78 is 12.0. The Kier molecular flexibility index (Phi) is 5.30. The monoisotopic (exact) mass is 297 g/mol. The van der Waals surface area contributed by atoms with Crippen LogP contribution in [0.1, 0.15) is 30.9 Å². The van der Waals surface area contributed by atoms with Gasteiger partial charge in [-0.1, -0.05) is 18.5 Å². The molecule has 0 radical (unpaired) electrons. The summed E-state index contributed by atoms with van der Waals surface area (Å²) in [5.74, 6) is 0.883. The van der Waals surface area contributed by atoms with Gasteiger partial charge in [0, 0.05) is 24.1 Å². The van der Waals surface area contributed by atoms with Crippen molar-refractivity contribution in [1.82, 2.24) is 5.32 Å². The third kappa shape index (κ3) is 3.27. The fourth-order valence-corrected chi connectivity index (χ4v) is 2.71. The van der Waals surface area contributed by atoms with Crippen molar-refractivity contribution in [2.45, 2.75) is 51.9 Å². The van der Waals surface area contributed by atoms with Gasteiger partial charge in [0.1, 0.15) is 18.0 Å². The molecule has 0 saturated heterocycles. The minimum atomic E-state index is 0.124. The van der Waals surface area contributed by atoms with E-state index in [-0.39, 0.29) is 12.2 Å². The standard InChI is InChI=1S/C16H24ClNO2/c1-5-6-19-16-13(18-4)9-14(16)20-12-7-10(2)15(17)11(3)8-12/h7-8,13-14,16,18H,5-6,9H2,1-4H3. The van der Waals surface area contributed by atoms with Crippen LogP contribution in [-0.4, -0.2) is 31.9 Å². The molecule has 2 rings (SSSR count). The zero-order chi connectivity index (χ0) is 14.7. The summed E-state index contributed by atoms with van der Waals surface area (Å²) in [4.78, 5) is 0. The molecular weight excluding hydrogens is 274 g/mol. The molecule has 0 aromatic heterocycles.